The molecule has 2 heterocycles. The number of aliphatic carboxylic acids is 1. The predicted octanol–water partition coefficient (Wildman–Crippen LogP) is -2.25. The van der Waals surface area contributed by atoms with Crippen LogP contribution in [0.15, 0.2) is 45.8 Å². The van der Waals surface area contributed by atoms with Crippen molar-refractivity contribution in [3.63, 3.8) is 0 Å². The van der Waals surface area contributed by atoms with E-state index in [0.29, 0.717) is 11.3 Å². The monoisotopic (exact) mass is 341 g/mol. The Morgan fingerprint density at radius 1 is 1.35 bits per heavy atom. The fourth-order valence-electron chi connectivity index (χ4n) is 3.16. The third kappa shape index (κ3) is 3.23. The van der Waals surface area contributed by atoms with Gasteiger partial charge in [0.05, 0.1) is 29.2 Å². The molecule has 1 aromatic carbocycles. The summed E-state index contributed by atoms with van der Waals surface area (Å²) < 4.78 is 0. The molecule has 5 nitrogen and oxygen atoms in total. The van der Waals surface area contributed by atoms with Crippen molar-refractivity contribution in [3.05, 3.63) is 40.9 Å². The minimum absolute atomic E-state index is 0. The molecule has 0 saturated carbocycles. The SMILES string of the molecule is CC(C)(O)C1C(=O)N2C(C(=O)[O-])=C(Sc3ccccc3)CC12.[Na+]. The van der Waals surface area contributed by atoms with Gasteiger partial charge in [-0.1, -0.05) is 30.0 Å². The number of β-lactam (4-membered cyclic amide) rings is 1. The summed E-state index contributed by atoms with van der Waals surface area (Å²) in [7, 11) is 0. The Morgan fingerprint density at radius 3 is 2.48 bits per heavy atom. The van der Waals surface area contributed by atoms with Gasteiger partial charge in [-0.3, -0.25) is 4.79 Å². The van der Waals surface area contributed by atoms with Crippen molar-refractivity contribution in [1.82, 2.24) is 4.90 Å². The average Bonchev–Trinajstić information content (AvgIpc) is 2.72. The van der Waals surface area contributed by atoms with E-state index in [0.717, 1.165) is 4.90 Å². The quantitative estimate of drug-likeness (QED) is 0.494. The fourth-order valence-corrected chi connectivity index (χ4v) is 4.27. The number of hydrogen-bond acceptors (Lipinski definition) is 5. The number of carboxylic acid groups (broad SMARTS) is 1. The first-order valence-corrected chi connectivity index (χ1v) is 7.85. The zero-order valence-electron chi connectivity index (χ0n) is 13.3. The molecule has 1 N–H and O–H groups in total. The molecule has 2 aliphatic heterocycles. The molecule has 3 rings (SSSR count). The van der Waals surface area contributed by atoms with Gasteiger partial charge in [-0.05, 0) is 26.0 Å². The molecule has 116 valence electrons. The Balaban J connectivity index is 0.00000192. The van der Waals surface area contributed by atoms with E-state index in [4.69, 9.17) is 0 Å². The summed E-state index contributed by atoms with van der Waals surface area (Å²) in [5, 5.41) is 21.6. The van der Waals surface area contributed by atoms with E-state index in [1.807, 2.05) is 30.3 Å². The molecule has 1 amide bonds. The van der Waals surface area contributed by atoms with Crippen LogP contribution in [0, 0.1) is 5.92 Å². The Labute approximate surface area is 161 Å². The summed E-state index contributed by atoms with van der Waals surface area (Å²) in [5.74, 6) is -2.26. The van der Waals surface area contributed by atoms with Crippen molar-refractivity contribution in [1.29, 1.82) is 0 Å². The standard InChI is InChI=1S/C16H17NO4S.Na/c1-16(2,21)12-10-8-11(22-9-6-4-3-5-7-9)13(15(19)20)17(10)14(12)18;/h3-7,10,12,21H,8H2,1-2H3,(H,19,20);/q;+1/p-1. The van der Waals surface area contributed by atoms with E-state index in [1.165, 1.54) is 16.7 Å². The van der Waals surface area contributed by atoms with Crippen molar-refractivity contribution in [2.24, 2.45) is 5.92 Å². The second-order valence-corrected chi connectivity index (χ2v) is 7.25. The predicted molar refractivity (Wildman–Crippen MR) is 79.4 cm³/mol. The number of hydrogen-bond donors (Lipinski definition) is 1. The number of rotatable bonds is 4. The summed E-state index contributed by atoms with van der Waals surface area (Å²) in [6.07, 6.45) is 0.434. The maximum absolute atomic E-state index is 12.2. The third-order valence-corrected chi connectivity index (χ3v) is 5.17. The van der Waals surface area contributed by atoms with Crippen LogP contribution in [0.5, 0.6) is 0 Å². The van der Waals surface area contributed by atoms with Gasteiger partial charge in [-0.15, -0.1) is 0 Å². The van der Waals surface area contributed by atoms with Crippen molar-refractivity contribution >= 4 is 23.6 Å². The molecule has 2 aliphatic rings. The first-order chi connectivity index (χ1) is 10.3. The summed E-state index contributed by atoms with van der Waals surface area (Å²) >= 11 is 1.33. The van der Waals surface area contributed by atoms with Gasteiger partial charge in [0.1, 0.15) is 0 Å². The second kappa shape index (κ2) is 6.61. The molecule has 2 atom stereocenters. The maximum atomic E-state index is 12.2. The van der Waals surface area contributed by atoms with Gasteiger partial charge < -0.3 is 19.9 Å². The van der Waals surface area contributed by atoms with Gasteiger partial charge in [0.15, 0.2) is 0 Å². The maximum Gasteiger partial charge on any atom is 1.00 e. The Morgan fingerprint density at radius 2 is 1.96 bits per heavy atom. The molecule has 0 radical (unpaired) electrons. The van der Waals surface area contributed by atoms with Crippen molar-refractivity contribution in [3.8, 4) is 0 Å². The molecule has 0 aromatic heterocycles. The van der Waals surface area contributed by atoms with Gasteiger partial charge in [0.25, 0.3) is 0 Å². The van der Waals surface area contributed by atoms with Crippen LogP contribution in [0.4, 0.5) is 0 Å². The van der Waals surface area contributed by atoms with Gasteiger partial charge in [-0.2, -0.15) is 0 Å². The molecule has 2 unspecified atom stereocenters. The normalized spacial score (nSPS) is 23.3. The summed E-state index contributed by atoms with van der Waals surface area (Å²) in [4.78, 5) is 26.5. The number of amides is 1. The van der Waals surface area contributed by atoms with Gasteiger partial charge >= 0.3 is 29.6 Å². The second-order valence-electron chi connectivity index (χ2n) is 6.09. The number of nitrogens with zero attached hydrogens (tertiary/aromatic N) is 1. The number of carbonyl (C=O) groups excluding carboxylic acids is 2. The zero-order chi connectivity index (χ0) is 16.1. The number of benzene rings is 1. The van der Waals surface area contributed by atoms with E-state index in [9.17, 15) is 19.8 Å². The summed E-state index contributed by atoms with van der Waals surface area (Å²) in [5.41, 5.74) is -1.22. The molecule has 0 aliphatic carbocycles. The number of fused-ring (bicyclic) bond motifs is 1. The van der Waals surface area contributed by atoms with E-state index in [2.05, 4.69) is 0 Å². The van der Waals surface area contributed by atoms with Crippen LogP contribution in [0.1, 0.15) is 20.3 Å². The minimum atomic E-state index is -1.34. The molecule has 7 heteroatoms. The molecular formula is C16H16NNaO4S. The van der Waals surface area contributed by atoms with Crippen LogP contribution in [-0.2, 0) is 9.59 Å². The van der Waals surface area contributed by atoms with Crippen molar-refractivity contribution in [2.45, 2.75) is 36.8 Å². The van der Waals surface area contributed by atoms with Crippen LogP contribution < -0.4 is 34.7 Å². The number of aliphatic hydroxyl groups is 1. The molecule has 23 heavy (non-hydrogen) atoms. The van der Waals surface area contributed by atoms with E-state index < -0.39 is 17.5 Å². The molecular weight excluding hydrogens is 325 g/mol. The first-order valence-electron chi connectivity index (χ1n) is 7.03. The zero-order valence-corrected chi connectivity index (χ0v) is 16.1. The van der Waals surface area contributed by atoms with Crippen molar-refractivity contribution in [2.75, 3.05) is 0 Å². The Hall–Kier alpha value is -0.790. The average molecular weight is 341 g/mol. The third-order valence-electron chi connectivity index (χ3n) is 4.06. The first kappa shape index (κ1) is 18.5. The molecule has 0 bridgehead atoms. The molecule has 1 saturated heterocycles. The number of thioether (sulfide) groups is 1. The van der Waals surface area contributed by atoms with Gasteiger partial charge in [-0.25, -0.2) is 0 Å². The molecule has 1 fully saturated rings. The molecule has 0 spiro atoms. The Bertz CT molecular complexity index is 668. The van der Waals surface area contributed by atoms with Crippen LogP contribution in [-0.4, -0.2) is 33.5 Å². The van der Waals surface area contributed by atoms with Gasteiger partial charge in [0, 0.05) is 16.2 Å². The fraction of sp³-hybridized carbons (Fsp3) is 0.375. The van der Waals surface area contributed by atoms with Crippen molar-refractivity contribution < 1.29 is 49.4 Å². The topological polar surface area (TPSA) is 80.7 Å². The number of carbonyl (C=O) groups is 2. The summed E-state index contributed by atoms with van der Waals surface area (Å²) in [6.45, 7) is 3.15. The van der Waals surface area contributed by atoms with Gasteiger partial charge in [0.2, 0.25) is 5.91 Å². The summed E-state index contributed by atoms with van der Waals surface area (Å²) in [6, 6.07) is 9.09. The largest absolute Gasteiger partial charge is 1.00 e. The smallest absolute Gasteiger partial charge is 0.543 e. The Kier molecular flexibility index (Phi) is 5.33. The van der Waals surface area contributed by atoms with Crippen LogP contribution in [0.25, 0.3) is 0 Å². The van der Waals surface area contributed by atoms with E-state index in [1.54, 1.807) is 13.8 Å². The molecule has 1 aromatic rings. The van der Waals surface area contributed by atoms with E-state index >= 15 is 0 Å². The van der Waals surface area contributed by atoms with E-state index in [-0.39, 0.29) is 47.2 Å². The number of carboxylic acids is 1. The van der Waals surface area contributed by atoms with Crippen LogP contribution in [0.3, 0.4) is 0 Å². The minimum Gasteiger partial charge on any atom is -0.543 e. The van der Waals surface area contributed by atoms with Crippen LogP contribution in [0.2, 0.25) is 0 Å². The van der Waals surface area contributed by atoms with Crippen LogP contribution >= 0.6 is 11.8 Å².